The molecule has 4 aliphatic rings. The van der Waals surface area contributed by atoms with Crippen LogP contribution in [-0.4, -0.2) is 118 Å². The number of rotatable bonds is 16. The lowest BCUT2D eigenvalue weighted by molar-refractivity contribution is -0.183. The second-order valence-corrected chi connectivity index (χ2v) is 17.9. The van der Waals surface area contributed by atoms with E-state index in [0.29, 0.717) is 42.0 Å². The number of likely N-dealkylation sites (N-methyl/N-ethyl adjacent to an activating group) is 1. The molecule has 1 aliphatic heterocycles. The Labute approximate surface area is 344 Å². The van der Waals surface area contributed by atoms with E-state index in [-0.39, 0.29) is 42.5 Å². The summed E-state index contributed by atoms with van der Waals surface area (Å²) in [6, 6.07) is 18.5. The molecular formula is C46H65N5O7. The van der Waals surface area contributed by atoms with Gasteiger partial charge in [0, 0.05) is 61.0 Å². The number of benzene rings is 3. The Morgan fingerprint density at radius 1 is 1.02 bits per heavy atom. The molecule has 3 aromatic rings. The van der Waals surface area contributed by atoms with E-state index in [1.807, 2.05) is 93.8 Å². The molecule has 7 rings (SSSR count). The summed E-state index contributed by atoms with van der Waals surface area (Å²) in [4.78, 5) is 38.8. The Hall–Kier alpha value is -4.20. The van der Waals surface area contributed by atoms with Crippen molar-refractivity contribution in [2.45, 2.75) is 83.8 Å². The summed E-state index contributed by atoms with van der Waals surface area (Å²) in [6.07, 6.45) is 1.10. The van der Waals surface area contributed by atoms with E-state index in [2.05, 4.69) is 36.3 Å². The van der Waals surface area contributed by atoms with Crippen LogP contribution >= 0.6 is 0 Å². The maximum absolute atomic E-state index is 14.3. The van der Waals surface area contributed by atoms with Crippen molar-refractivity contribution in [3.05, 3.63) is 77.4 Å². The van der Waals surface area contributed by atoms with Crippen LogP contribution in [0.4, 0.5) is 5.69 Å². The number of hydrogen-bond acceptors (Lipinski definition) is 10. The number of methoxy groups -OCH3 is 2. The number of aliphatic hydroxyl groups excluding tert-OH is 2. The third-order valence-corrected chi connectivity index (χ3v) is 13.3. The molecule has 2 bridgehead atoms. The minimum absolute atomic E-state index is 0.0304. The maximum Gasteiger partial charge on any atom is 0.251 e. The number of nitrogens with zero attached hydrogens (tertiary/aromatic N) is 3. The maximum atomic E-state index is 14.3. The number of anilines is 1. The zero-order valence-corrected chi connectivity index (χ0v) is 36.0. The number of amides is 2. The first-order valence-electron chi connectivity index (χ1n) is 20.7. The summed E-state index contributed by atoms with van der Waals surface area (Å²) in [5.41, 5.74) is 5.03. The van der Waals surface area contributed by atoms with E-state index in [1.54, 1.807) is 26.2 Å². The van der Waals surface area contributed by atoms with Gasteiger partial charge in [-0.3, -0.25) is 14.4 Å². The zero-order chi connectivity index (χ0) is 42.1. The molecule has 0 aromatic heterocycles. The van der Waals surface area contributed by atoms with Crippen molar-refractivity contribution in [3.8, 4) is 22.6 Å². The molecule has 3 aromatic carbocycles. The lowest BCUT2D eigenvalue weighted by Gasteiger charge is -2.62. The molecule has 58 heavy (non-hydrogen) atoms. The van der Waals surface area contributed by atoms with Crippen LogP contribution in [-0.2, 0) is 22.6 Å². The highest BCUT2D eigenvalue weighted by Crippen LogP contribution is 2.61. The molecule has 1 heterocycles. The molecule has 2 amide bonds. The van der Waals surface area contributed by atoms with E-state index >= 15 is 0 Å². The largest absolute Gasteiger partial charge is 0.497 e. The highest BCUT2D eigenvalue weighted by atomic mass is 16.7. The third-order valence-electron chi connectivity index (χ3n) is 13.3. The van der Waals surface area contributed by atoms with E-state index < -0.39 is 24.2 Å². The number of nitrogens with one attached hydrogen (secondary N) is 2. The number of hydrogen-bond donors (Lipinski definition) is 4. The van der Waals surface area contributed by atoms with Gasteiger partial charge in [-0.15, -0.1) is 0 Å². The number of aliphatic hydroxyl groups is 2. The van der Waals surface area contributed by atoms with E-state index in [9.17, 15) is 19.8 Å². The standard InChI is InChI=1S/C46H65N5O7/c1-27-38-22-33(46(38,3)4)23-39(27)48-45(55)42-41(28(2)53)40(26-52)58-51(42)24-30-12-11-13-37(43(30)57-10)31-19-32(21-35(20-31)50(7)8)44(54)47-34(25-49(5)6)18-29-14-16-36(56-9)17-15-29/h11-17,19-21,27-28,33-34,38-42,52-53H,18,22-26H2,1-10H3,(H,47,54)(H,48,55)/t27-,28-,33+,34-,38-,39-,40-,41+,42-/m0/s1. The quantitative estimate of drug-likeness (QED) is 0.157. The van der Waals surface area contributed by atoms with Crippen LogP contribution in [0.1, 0.15) is 62.0 Å². The van der Waals surface area contributed by atoms with Gasteiger partial charge in [-0.1, -0.05) is 51.1 Å². The first kappa shape index (κ1) is 43.4. The first-order chi connectivity index (χ1) is 27.6. The fourth-order valence-electron chi connectivity index (χ4n) is 9.90. The third kappa shape index (κ3) is 9.01. The smallest absolute Gasteiger partial charge is 0.251 e. The fourth-order valence-corrected chi connectivity index (χ4v) is 9.90. The van der Waals surface area contributed by atoms with Crippen molar-refractivity contribution >= 4 is 17.5 Å². The average Bonchev–Trinajstić information content (AvgIpc) is 3.56. The molecular weight excluding hydrogens is 735 g/mol. The van der Waals surface area contributed by atoms with Crippen LogP contribution in [0.25, 0.3) is 11.1 Å². The number of ether oxygens (including phenoxy) is 2. The number of hydroxylamine groups is 2. The summed E-state index contributed by atoms with van der Waals surface area (Å²) in [6.45, 7) is 9.02. The number of carbonyl (C=O) groups is 2. The topological polar surface area (TPSA) is 136 Å². The normalized spacial score (nSPS) is 26.1. The number of para-hydroxylation sites is 1. The van der Waals surface area contributed by atoms with E-state index in [4.69, 9.17) is 14.3 Å². The average molecular weight is 800 g/mol. The molecule has 3 saturated carbocycles. The summed E-state index contributed by atoms with van der Waals surface area (Å²) in [5, 5.41) is 29.6. The molecule has 316 valence electrons. The van der Waals surface area contributed by atoms with Crippen molar-refractivity contribution in [2.24, 2.45) is 29.1 Å². The SMILES string of the molecule is COc1ccc(C[C@@H](CN(C)C)NC(=O)c2cc(-c3cccc(CN4O[C@@H](CO)[C@@H]([C@H](C)O)[C@H]4C(=O)N[C@H]4C[C@H]5C[C@@H]([C@@H]4C)C5(C)C)c3OC)cc(N(C)C)c2)cc1. The van der Waals surface area contributed by atoms with Crippen LogP contribution in [0.15, 0.2) is 60.7 Å². The Kier molecular flexibility index (Phi) is 13.4. The minimum atomic E-state index is -0.908. The van der Waals surface area contributed by atoms with Crippen molar-refractivity contribution < 1.29 is 34.1 Å². The summed E-state index contributed by atoms with van der Waals surface area (Å²) in [5.74, 6) is 1.75. The van der Waals surface area contributed by atoms with Crippen molar-refractivity contribution in [1.82, 2.24) is 20.6 Å². The van der Waals surface area contributed by atoms with Gasteiger partial charge in [0.2, 0.25) is 5.91 Å². The lowest BCUT2D eigenvalue weighted by atomic mass is 9.45. The predicted octanol–water partition coefficient (Wildman–Crippen LogP) is 5.00. The van der Waals surface area contributed by atoms with Crippen molar-refractivity contribution in [1.29, 1.82) is 0 Å². The summed E-state index contributed by atoms with van der Waals surface area (Å²) >= 11 is 0. The molecule has 4 N–H and O–H groups in total. The van der Waals surface area contributed by atoms with Crippen LogP contribution in [0.5, 0.6) is 11.5 Å². The second kappa shape index (κ2) is 18.0. The Balaban J connectivity index is 1.28. The van der Waals surface area contributed by atoms with Crippen molar-refractivity contribution in [3.63, 3.8) is 0 Å². The Morgan fingerprint density at radius 3 is 2.33 bits per heavy atom. The first-order valence-corrected chi connectivity index (χ1v) is 20.7. The summed E-state index contributed by atoms with van der Waals surface area (Å²) < 4.78 is 11.5. The van der Waals surface area contributed by atoms with Gasteiger partial charge >= 0.3 is 0 Å². The Bertz CT molecular complexity index is 1900. The van der Waals surface area contributed by atoms with Gasteiger partial charge in [-0.25, -0.2) is 0 Å². The van der Waals surface area contributed by atoms with Crippen molar-refractivity contribution in [2.75, 3.05) is 60.5 Å². The molecule has 4 fully saturated rings. The van der Waals surface area contributed by atoms with Crippen LogP contribution < -0.4 is 25.0 Å². The van der Waals surface area contributed by atoms with Gasteiger partial charge in [0.15, 0.2) is 0 Å². The van der Waals surface area contributed by atoms with Gasteiger partial charge in [-0.2, -0.15) is 5.06 Å². The Morgan fingerprint density at radius 2 is 1.74 bits per heavy atom. The molecule has 1 saturated heterocycles. The highest BCUT2D eigenvalue weighted by Gasteiger charge is 2.57. The minimum Gasteiger partial charge on any atom is -0.497 e. The van der Waals surface area contributed by atoms with Gasteiger partial charge in [0.25, 0.3) is 5.91 Å². The predicted molar refractivity (Wildman–Crippen MR) is 227 cm³/mol. The molecule has 12 nitrogen and oxygen atoms in total. The molecule has 0 spiro atoms. The van der Waals surface area contributed by atoms with Gasteiger partial charge < -0.3 is 40.1 Å². The molecule has 12 heteroatoms. The second-order valence-electron chi connectivity index (χ2n) is 17.9. The summed E-state index contributed by atoms with van der Waals surface area (Å²) in [7, 11) is 11.1. The van der Waals surface area contributed by atoms with E-state index in [1.165, 1.54) is 6.42 Å². The molecule has 0 unspecified atom stereocenters. The van der Waals surface area contributed by atoms with Crippen LogP contribution in [0.2, 0.25) is 0 Å². The van der Waals surface area contributed by atoms with Gasteiger partial charge in [0.1, 0.15) is 23.6 Å². The van der Waals surface area contributed by atoms with Crippen LogP contribution in [0.3, 0.4) is 0 Å². The number of carbonyl (C=O) groups excluding carboxylic acids is 2. The molecule has 9 atom stereocenters. The highest BCUT2D eigenvalue weighted by molar-refractivity contribution is 5.97. The zero-order valence-electron chi connectivity index (χ0n) is 36.0. The fraction of sp³-hybridized carbons (Fsp3) is 0.565. The van der Waals surface area contributed by atoms with Gasteiger partial charge in [0.05, 0.1) is 33.5 Å². The monoisotopic (exact) mass is 799 g/mol. The molecule has 0 radical (unpaired) electrons. The molecule has 3 aliphatic carbocycles. The lowest BCUT2D eigenvalue weighted by Crippen LogP contribution is -2.62. The van der Waals surface area contributed by atoms with Gasteiger partial charge in [-0.05, 0) is 105 Å². The van der Waals surface area contributed by atoms with E-state index in [0.717, 1.165) is 40.1 Å². The van der Waals surface area contributed by atoms with Crippen LogP contribution in [0, 0.1) is 29.1 Å². The number of fused-ring (bicyclic) bond motifs is 2.